The molecule has 3 rings (SSSR count). The van der Waals surface area contributed by atoms with Gasteiger partial charge in [-0.1, -0.05) is 19.4 Å². The summed E-state index contributed by atoms with van der Waals surface area (Å²) in [6.07, 6.45) is 9.54. The largest absolute Gasteiger partial charge is 0.393 e. The van der Waals surface area contributed by atoms with E-state index in [0.717, 1.165) is 56.9 Å². The van der Waals surface area contributed by atoms with Crippen molar-refractivity contribution in [1.82, 2.24) is 15.0 Å². The number of unbranched alkanes of at least 4 members (excludes halogenated alkanes) is 1. The van der Waals surface area contributed by atoms with Crippen molar-refractivity contribution in [3.8, 4) is 11.3 Å². The molecule has 9 nitrogen and oxygen atoms in total. The first-order valence-corrected chi connectivity index (χ1v) is 12.5. The second kappa shape index (κ2) is 10.8. The van der Waals surface area contributed by atoms with E-state index in [4.69, 9.17) is 4.18 Å². The number of nitrogens with one attached hydrogen (secondary N) is 2. The number of hydrogen-bond donors (Lipinski definition) is 3. The monoisotopic (exact) mass is 449 g/mol. The fourth-order valence-corrected chi connectivity index (χ4v) is 3.75. The highest BCUT2D eigenvalue weighted by molar-refractivity contribution is 7.85. The number of pyridine rings is 1. The molecule has 0 spiro atoms. The lowest BCUT2D eigenvalue weighted by molar-refractivity contribution is 0.126. The van der Waals surface area contributed by atoms with Crippen LogP contribution < -0.4 is 10.6 Å². The van der Waals surface area contributed by atoms with Crippen molar-refractivity contribution >= 4 is 21.9 Å². The SMILES string of the molecule is CCCCNc1ncc(-c2ccc(COS(C)(=O)=O)cn2)c(NC2CCC(O)CC2)n1. The van der Waals surface area contributed by atoms with Gasteiger partial charge in [0.15, 0.2) is 0 Å². The van der Waals surface area contributed by atoms with Crippen molar-refractivity contribution in [2.24, 2.45) is 0 Å². The molecule has 0 bridgehead atoms. The predicted molar refractivity (Wildman–Crippen MR) is 120 cm³/mol. The minimum atomic E-state index is -3.51. The Morgan fingerprint density at radius 3 is 2.58 bits per heavy atom. The first-order chi connectivity index (χ1) is 14.8. The maximum absolute atomic E-state index is 11.2. The van der Waals surface area contributed by atoms with Gasteiger partial charge in [-0.3, -0.25) is 9.17 Å². The Bertz CT molecular complexity index is 945. The van der Waals surface area contributed by atoms with E-state index in [9.17, 15) is 13.5 Å². The van der Waals surface area contributed by atoms with Gasteiger partial charge in [-0.25, -0.2) is 4.98 Å². The number of nitrogens with zero attached hydrogens (tertiary/aromatic N) is 3. The molecule has 1 aliphatic carbocycles. The van der Waals surface area contributed by atoms with Crippen molar-refractivity contribution in [3.05, 3.63) is 30.1 Å². The van der Waals surface area contributed by atoms with Crippen molar-refractivity contribution < 1.29 is 17.7 Å². The summed E-state index contributed by atoms with van der Waals surface area (Å²) in [5, 5.41) is 16.6. The molecule has 0 unspecified atom stereocenters. The second-order valence-electron chi connectivity index (χ2n) is 7.90. The van der Waals surface area contributed by atoms with Gasteiger partial charge < -0.3 is 15.7 Å². The minimum absolute atomic E-state index is 0.0571. The fourth-order valence-electron chi connectivity index (χ4n) is 3.40. The fraction of sp³-hybridized carbons (Fsp3) is 0.571. The molecule has 2 aromatic rings. The minimum Gasteiger partial charge on any atom is -0.393 e. The van der Waals surface area contributed by atoms with E-state index in [0.29, 0.717) is 23.0 Å². The molecule has 2 heterocycles. The first kappa shape index (κ1) is 23.4. The van der Waals surface area contributed by atoms with Crippen LogP contribution in [0.2, 0.25) is 0 Å². The Morgan fingerprint density at radius 2 is 1.94 bits per heavy atom. The van der Waals surface area contributed by atoms with Crippen molar-refractivity contribution in [2.45, 2.75) is 64.2 Å². The third kappa shape index (κ3) is 7.41. The van der Waals surface area contributed by atoms with Gasteiger partial charge >= 0.3 is 0 Å². The summed E-state index contributed by atoms with van der Waals surface area (Å²) < 4.78 is 27.2. The molecule has 10 heteroatoms. The summed E-state index contributed by atoms with van der Waals surface area (Å²) in [5.74, 6) is 1.26. The maximum atomic E-state index is 11.2. The van der Waals surface area contributed by atoms with Gasteiger partial charge in [-0.15, -0.1) is 0 Å². The summed E-state index contributed by atoms with van der Waals surface area (Å²) in [5.41, 5.74) is 2.10. The van der Waals surface area contributed by atoms with Crippen LogP contribution in [0.3, 0.4) is 0 Å². The summed E-state index contributed by atoms with van der Waals surface area (Å²) in [6, 6.07) is 3.81. The van der Waals surface area contributed by atoms with Gasteiger partial charge in [-0.05, 0) is 43.7 Å². The summed E-state index contributed by atoms with van der Waals surface area (Å²) in [7, 11) is -3.51. The number of anilines is 2. The summed E-state index contributed by atoms with van der Waals surface area (Å²) in [6.45, 7) is 2.88. The molecular weight excluding hydrogens is 418 g/mol. The Hall–Kier alpha value is -2.30. The standard InChI is InChI=1S/C21H31N5O4S/c1-3-4-11-22-21-24-13-18(20(26-21)25-16-6-8-17(27)9-7-16)19-10-5-15(12-23-19)14-30-31(2,28)29/h5,10,12-13,16-17,27H,3-4,6-9,11,14H2,1-2H3,(H2,22,24,25,26). The van der Waals surface area contributed by atoms with Crippen LogP contribution >= 0.6 is 0 Å². The van der Waals surface area contributed by atoms with E-state index in [1.165, 1.54) is 0 Å². The van der Waals surface area contributed by atoms with Gasteiger partial charge in [0.1, 0.15) is 5.82 Å². The Morgan fingerprint density at radius 1 is 1.16 bits per heavy atom. The molecule has 1 fully saturated rings. The molecule has 0 aliphatic heterocycles. The van der Waals surface area contributed by atoms with Gasteiger partial charge in [0, 0.05) is 25.0 Å². The Kier molecular flexibility index (Phi) is 8.16. The van der Waals surface area contributed by atoms with Crippen molar-refractivity contribution in [1.29, 1.82) is 0 Å². The normalized spacial score (nSPS) is 19.2. The molecule has 3 N–H and O–H groups in total. The third-order valence-electron chi connectivity index (χ3n) is 5.18. The van der Waals surface area contributed by atoms with E-state index in [1.54, 1.807) is 24.5 Å². The average molecular weight is 450 g/mol. The zero-order valence-electron chi connectivity index (χ0n) is 18.0. The zero-order chi connectivity index (χ0) is 22.3. The molecular formula is C21H31N5O4S. The van der Waals surface area contributed by atoms with Crippen LogP contribution in [0, 0.1) is 0 Å². The smallest absolute Gasteiger partial charge is 0.264 e. The number of aliphatic hydroxyl groups excluding tert-OH is 1. The first-order valence-electron chi connectivity index (χ1n) is 10.7. The van der Waals surface area contributed by atoms with Gasteiger partial charge in [0.2, 0.25) is 5.95 Å². The van der Waals surface area contributed by atoms with Crippen LogP contribution in [0.4, 0.5) is 11.8 Å². The highest BCUT2D eigenvalue weighted by atomic mass is 32.2. The molecule has 2 aromatic heterocycles. The van der Waals surface area contributed by atoms with Crippen LogP contribution in [-0.4, -0.2) is 53.4 Å². The Balaban J connectivity index is 1.80. The number of rotatable bonds is 10. The lowest BCUT2D eigenvalue weighted by Gasteiger charge is -2.27. The van der Waals surface area contributed by atoms with E-state index < -0.39 is 10.1 Å². The lowest BCUT2D eigenvalue weighted by atomic mass is 9.93. The van der Waals surface area contributed by atoms with Crippen LogP contribution in [0.5, 0.6) is 0 Å². The zero-order valence-corrected chi connectivity index (χ0v) is 18.9. The number of aromatic nitrogens is 3. The molecule has 0 radical (unpaired) electrons. The van der Waals surface area contributed by atoms with Gasteiger partial charge in [-0.2, -0.15) is 13.4 Å². The highest BCUT2D eigenvalue weighted by Crippen LogP contribution is 2.29. The quantitative estimate of drug-likeness (QED) is 0.370. The molecule has 0 amide bonds. The molecule has 170 valence electrons. The van der Waals surface area contributed by atoms with Crippen LogP contribution in [0.1, 0.15) is 51.0 Å². The van der Waals surface area contributed by atoms with E-state index in [-0.39, 0.29) is 18.8 Å². The number of aliphatic hydroxyl groups is 1. The van der Waals surface area contributed by atoms with Crippen LogP contribution in [0.15, 0.2) is 24.5 Å². The van der Waals surface area contributed by atoms with Crippen molar-refractivity contribution in [3.63, 3.8) is 0 Å². The van der Waals surface area contributed by atoms with Gasteiger partial charge in [0.05, 0.1) is 30.2 Å². The Labute approximate surface area is 183 Å². The molecule has 1 saturated carbocycles. The van der Waals surface area contributed by atoms with Gasteiger partial charge in [0.25, 0.3) is 10.1 Å². The van der Waals surface area contributed by atoms with E-state index in [2.05, 4.69) is 32.5 Å². The van der Waals surface area contributed by atoms with E-state index in [1.807, 2.05) is 0 Å². The molecule has 31 heavy (non-hydrogen) atoms. The molecule has 1 aliphatic rings. The predicted octanol–water partition coefficient (Wildman–Crippen LogP) is 2.94. The highest BCUT2D eigenvalue weighted by Gasteiger charge is 2.21. The maximum Gasteiger partial charge on any atom is 0.264 e. The molecule has 0 saturated heterocycles. The summed E-state index contributed by atoms with van der Waals surface area (Å²) >= 11 is 0. The number of hydrogen-bond acceptors (Lipinski definition) is 9. The topological polar surface area (TPSA) is 126 Å². The lowest BCUT2D eigenvalue weighted by Crippen LogP contribution is -2.29. The third-order valence-corrected chi connectivity index (χ3v) is 5.73. The average Bonchev–Trinajstić information content (AvgIpc) is 2.74. The second-order valence-corrected chi connectivity index (χ2v) is 9.55. The van der Waals surface area contributed by atoms with Crippen molar-refractivity contribution in [2.75, 3.05) is 23.4 Å². The van der Waals surface area contributed by atoms with Crippen LogP contribution in [-0.2, 0) is 20.9 Å². The summed E-state index contributed by atoms with van der Waals surface area (Å²) in [4.78, 5) is 13.6. The van der Waals surface area contributed by atoms with E-state index >= 15 is 0 Å². The molecule has 0 aromatic carbocycles. The van der Waals surface area contributed by atoms with Crippen LogP contribution in [0.25, 0.3) is 11.3 Å². The molecule has 0 atom stereocenters.